The van der Waals surface area contributed by atoms with Crippen LogP contribution in [0, 0.1) is 5.92 Å². The summed E-state index contributed by atoms with van der Waals surface area (Å²) in [6.45, 7) is 3.95. The largest absolute Gasteiger partial charge is 0.508 e. The van der Waals surface area contributed by atoms with Crippen molar-refractivity contribution in [3.63, 3.8) is 0 Å². The van der Waals surface area contributed by atoms with Crippen molar-refractivity contribution in [2.24, 2.45) is 5.92 Å². The van der Waals surface area contributed by atoms with Crippen LogP contribution in [0.2, 0.25) is 0 Å². The van der Waals surface area contributed by atoms with Crippen molar-refractivity contribution in [2.75, 3.05) is 19.8 Å². The number of rotatable bonds is 11. The van der Waals surface area contributed by atoms with Crippen molar-refractivity contribution < 1.29 is 48.6 Å². The normalized spacial score (nSPS) is 29.8. The summed E-state index contributed by atoms with van der Waals surface area (Å²) in [6.07, 6.45) is -3.01. The SMILES string of the molecule is CC=C(C=O)C(CC(=O)OCC)CC1OCC2OC(OCCc3ccc(O)cc3)C(O)C(O)C2O1. The molecule has 0 aliphatic carbocycles. The van der Waals surface area contributed by atoms with Crippen LogP contribution in [-0.2, 0) is 39.7 Å². The van der Waals surface area contributed by atoms with Crippen LogP contribution in [0.3, 0.4) is 0 Å². The molecule has 0 aromatic heterocycles. The molecule has 2 saturated heterocycles. The number of aliphatic hydroxyl groups is 2. The fourth-order valence-corrected chi connectivity index (χ4v) is 4.23. The Balaban J connectivity index is 1.55. The lowest BCUT2D eigenvalue weighted by molar-refractivity contribution is -0.360. The van der Waals surface area contributed by atoms with Crippen LogP contribution in [-0.4, -0.2) is 84.4 Å². The molecule has 10 nitrogen and oxygen atoms in total. The Morgan fingerprint density at radius 3 is 2.60 bits per heavy atom. The van der Waals surface area contributed by atoms with E-state index in [1.807, 2.05) is 0 Å². The number of ether oxygens (including phenoxy) is 5. The summed E-state index contributed by atoms with van der Waals surface area (Å²) >= 11 is 0. The first-order chi connectivity index (χ1) is 16.9. The second kappa shape index (κ2) is 13.1. The van der Waals surface area contributed by atoms with Crippen LogP contribution in [0.5, 0.6) is 5.75 Å². The fourth-order valence-electron chi connectivity index (χ4n) is 4.23. The zero-order valence-corrected chi connectivity index (χ0v) is 19.9. The first kappa shape index (κ1) is 27.3. The van der Waals surface area contributed by atoms with E-state index < -0.39 is 48.9 Å². The topological polar surface area (TPSA) is 141 Å². The van der Waals surface area contributed by atoms with Gasteiger partial charge in [0, 0.05) is 12.3 Å². The summed E-state index contributed by atoms with van der Waals surface area (Å²) in [6, 6.07) is 6.69. The standard InChI is InChI=1S/C25H34O10/c1-3-16(13-26)17(11-20(28)31-4-2)12-21-33-14-19-24(35-21)22(29)23(30)25(34-19)32-10-9-15-5-7-18(27)8-6-15/h3,5-8,13,17,19,21-25,27,29-30H,4,9-12,14H2,1-2H3. The van der Waals surface area contributed by atoms with Crippen molar-refractivity contribution in [2.45, 2.75) is 70.1 Å². The van der Waals surface area contributed by atoms with Crippen LogP contribution in [0.25, 0.3) is 0 Å². The maximum atomic E-state index is 12.0. The van der Waals surface area contributed by atoms with E-state index in [0.29, 0.717) is 18.3 Å². The summed E-state index contributed by atoms with van der Waals surface area (Å²) < 4.78 is 28.1. The summed E-state index contributed by atoms with van der Waals surface area (Å²) in [7, 11) is 0. The van der Waals surface area contributed by atoms with Gasteiger partial charge in [0.2, 0.25) is 0 Å². The van der Waals surface area contributed by atoms with E-state index in [-0.39, 0.29) is 38.4 Å². The van der Waals surface area contributed by atoms with Crippen LogP contribution < -0.4 is 0 Å². The molecule has 2 fully saturated rings. The monoisotopic (exact) mass is 494 g/mol. The number of phenolic OH excluding ortho intramolecular Hbond substituents is 1. The van der Waals surface area contributed by atoms with Gasteiger partial charge >= 0.3 is 5.97 Å². The van der Waals surface area contributed by atoms with Crippen LogP contribution >= 0.6 is 0 Å². The molecule has 194 valence electrons. The molecule has 35 heavy (non-hydrogen) atoms. The van der Waals surface area contributed by atoms with E-state index >= 15 is 0 Å². The third-order valence-electron chi connectivity index (χ3n) is 6.14. The van der Waals surface area contributed by atoms with Gasteiger partial charge in [-0.2, -0.15) is 0 Å². The Morgan fingerprint density at radius 1 is 1.20 bits per heavy atom. The molecule has 1 aromatic rings. The van der Waals surface area contributed by atoms with Crippen molar-refractivity contribution in [3.8, 4) is 5.75 Å². The van der Waals surface area contributed by atoms with Gasteiger partial charge in [-0.25, -0.2) is 0 Å². The number of hydrogen-bond donors (Lipinski definition) is 3. The van der Waals surface area contributed by atoms with E-state index in [1.54, 1.807) is 44.2 Å². The molecule has 7 unspecified atom stereocenters. The first-order valence-electron chi connectivity index (χ1n) is 11.8. The smallest absolute Gasteiger partial charge is 0.306 e. The molecule has 0 amide bonds. The molecule has 1 aromatic carbocycles. The maximum absolute atomic E-state index is 12.0. The predicted octanol–water partition coefficient (Wildman–Crippen LogP) is 1.24. The molecule has 2 heterocycles. The number of hydrogen-bond acceptors (Lipinski definition) is 10. The van der Waals surface area contributed by atoms with Crippen molar-refractivity contribution in [1.82, 2.24) is 0 Å². The molecule has 0 spiro atoms. The van der Waals surface area contributed by atoms with Gasteiger partial charge in [0.15, 0.2) is 12.6 Å². The number of esters is 1. The van der Waals surface area contributed by atoms with Crippen molar-refractivity contribution in [1.29, 1.82) is 0 Å². The number of carbonyl (C=O) groups excluding carboxylic acids is 2. The molecule has 2 aliphatic rings. The number of phenols is 1. The molecule has 7 atom stereocenters. The Kier molecular flexibility index (Phi) is 10.2. The minimum Gasteiger partial charge on any atom is -0.508 e. The fraction of sp³-hybridized carbons (Fsp3) is 0.600. The van der Waals surface area contributed by atoms with Gasteiger partial charge in [-0.3, -0.25) is 9.59 Å². The Bertz CT molecular complexity index is 852. The van der Waals surface area contributed by atoms with Crippen LogP contribution in [0.15, 0.2) is 35.9 Å². The molecular weight excluding hydrogens is 460 g/mol. The zero-order chi connectivity index (χ0) is 25.4. The highest BCUT2D eigenvalue weighted by molar-refractivity contribution is 5.77. The van der Waals surface area contributed by atoms with Crippen molar-refractivity contribution in [3.05, 3.63) is 41.5 Å². The van der Waals surface area contributed by atoms with E-state index in [4.69, 9.17) is 23.7 Å². The second-order valence-electron chi connectivity index (χ2n) is 8.52. The third-order valence-corrected chi connectivity index (χ3v) is 6.14. The Hall–Kier alpha value is -2.34. The number of carbonyl (C=O) groups is 2. The first-order valence-corrected chi connectivity index (χ1v) is 11.8. The average molecular weight is 495 g/mol. The quantitative estimate of drug-likeness (QED) is 0.234. The lowest BCUT2D eigenvalue weighted by Crippen LogP contribution is -2.63. The second-order valence-corrected chi connectivity index (χ2v) is 8.52. The summed E-state index contributed by atoms with van der Waals surface area (Å²) in [5.41, 5.74) is 1.36. The average Bonchev–Trinajstić information content (AvgIpc) is 2.84. The van der Waals surface area contributed by atoms with Crippen LogP contribution in [0.4, 0.5) is 0 Å². The summed E-state index contributed by atoms with van der Waals surface area (Å²) in [5, 5.41) is 30.6. The number of allylic oxidation sites excluding steroid dienone is 2. The van der Waals surface area contributed by atoms with Gasteiger partial charge < -0.3 is 39.0 Å². The van der Waals surface area contributed by atoms with E-state index in [0.717, 1.165) is 5.56 Å². The summed E-state index contributed by atoms with van der Waals surface area (Å²) in [5.74, 6) is -0.748. The third kappa shape index (κ3) is 7.33. The van der Waals surface area contributed by atoms with Gasteiger partial charge in [-0.1, -0.05) is 18.2 Å². The summed E-state index contributed by atoms with van der Waals surface area (Å²) in [4.78, 5) is 23.5. The molecule has 0 saturated carbocycles. The van der Waals surface area contributed by atoms with E-state index in [9.17, 15) is 24.9 Å². The number of aliphatic hydroxyl groups excluding tert-OH is 2. The lowest BCUT2D eigenvalue weighted by Gasteiger charge is -2.46. The van der Waals surface area contributed by atoms with Gasteiger partial charge in [0.1, 0.15) is 36.5 Å². The minimum absolute atomic E-state index is 0.0117. The molecule has 3 rings (SSSR count). The minimum atomic E-state index is -1.34. The van der Waals surface area contributed by atoms with Gasteiger partial charge in [-0.05, 0) is 43.5 Å². The van der Waals surface area contributed by atoms with Gasteiger partial charge in [0.25, 0.3) is 0 Å². The molecule has 2 aliphatic heterocycles. The highest BCUT2D eigenvalue weighted by Gasteiger charge is 2.49. The Labute approximate surface area is 204 Å². The zero-order valence-electron chi connectivity index (χ0n) is 19.9. The van der Waals surface area contributed by atoms with Gasteiger partial charge in [0.05, 0.1) is 26.2 Å². The molecule has 3 N–H and O–H groups in total. The number of fused-ring (bicyclic) bond motifs is 1. The van der Waals surface area contributed by atoms with Crippen LogP contribution in [0.1, 0.15) is 32.3 Å². The lowest BCUT2D eigenvalue weighted by atomic mass is 9.91. The molecule has 10 heteroatoms. The van der Waals surface area contributed by atoms with Gasteiger partial charge in [-0.15, -0.1) is 0 Å². The Morgan fingerprint density at radius 2 is 1.94 bits per heavy atom. The molecular formula is C25H34O10. The number of aromatic hydroxyl groups is 1. The predicted molar refractivity (Wildman–Crippen MR) is 122 cm³/mol. The van der Waals surface area contributed by atoms with E-state index in [2.05, 4.69) is 0 Å². The molecule has 0 bridgehead atoms. The highest BCUT2D eigenvalue weighted by atomic mass is 16.8. The van der Waals surface area contributed by atoms with Crippen molar-refractivity contribution >= 4 is 12.3 Å². The molecule has 0 radical (unpaired) electrons. The highest BCUT2D eigenvalue weighted by Crippen LogP contribution is 2.32. The van der Waals surface area contributed by atoms with E-state index in [1.165, 1.54) is 0 Å². The maximum Gasteiger partial charge on any atom is 0.306 e. The number of benzene rings is 1. The number of aldehydes is 1.